The van der Waals surface area contributed by atoms with Crippen LogP contribution in [0.3, 0.4) is 0 Å². The predicted molar refractivity (Wildman–Crippen MR) is 137 cm³/mol. The van der Waals surface area contributed by atoms with Crippen LogP contribution in [0.25, 0.3) is 11.3 Å². The Bertz CT molecular complexity index is 1230. The van der Waals surface area contributed by atoms with Gasteiger partial charge in [-0.15, -0.1) is 0 Å². The lowest BCUT2D eigenvalue weighted by atomic mass is 10.0. The molecule has 0 radical (unpaired) electrons. The highest BCUT2D eigenvalue weighted by Crippen LogP contribution is 2.34. The zero-order valence-electron chi connectivity index (χ0n) is 20.4. The van der Waals surface area contributed by atoms with E-state index in [-0.39, 0.29) is 11.9 Å². The van der Waals surface area contributed by atoms with Gasteiger partial charge in [0.2, 0.25) is 5.88 Å². The molecule has 4 aromatic rings. The lowest BCUT2D eigenvalue weighted by Crippen LogP contribution is -2.38. The second-order valence-corrected chi connectivity index (χ2v) is 9.05. The Hall–Kier alpha value is -3.48. The molecule has 0 aliphatic heterocycles. The monoisotopic (exact) mass is 473 g/mol. The van der Waals surface area contributed by atoms with Crippen LogP contribution in [0.4, 0.5) is 4.39 Å². The minimum atomic E-state index is -0.524. The average molecular weight is 474 g/mol. The highest BCUT2D eigenvalue weighted by molar-refractivity contribution is 5.65. The smallest absolute Gasteiger partial charge is 0.222 e. The molecule has 0 aliphatic rings. The van der Waals surface area contributed by atoms with Gasteiger partial charge in [-0.1, -0.05) is 66.7 Å². The molecule has 0 saturated carbocycles. The maximum Gasteiger partial charge on any atom is 0.222 e. The second-order valence-electron chi connectivity index (χ2n) is 9.05. The first kappa shape index (κ1) is 24.6. The van der Waals surface area contributed by atoms with Crippen molar-refractivity contribution >= 4 is 0 Å². The Kier molecular flexibility index (Phi) is 7.95. The lowest BCUT2D eigenvalue weighted by molar-refractivity contribution is 0.0904. The summed E-state index contributed by atoms with van der Waals surface area (Å²) in [5.41, 5.74) is 3.78. The maximum absolute atomic E-state index is 13.8. The van der Waals surface area contributed by atoms with Crippen LogP contribution in [0, 0.1) is 5.82 Å². The van der Waals surface area contributed by atoms with Gasteiger partial charge in [0.25, 0.3) is 0 Å². The number of halogens is 1. The molecule has 1 unspecified atom stereocenters. The third-order valence-corrected chi connectivity index (χ3v) is 6.00. The minimum absolute atomic E-state index is 0.172. The van der Waals surface area contributed by atoms with Crippen molar-refractivity contribution in [2.45, 2.75) is 39.0 Å². The molecule has 0 fully saturated rings. The molecule has 0 saturated heterocycles. The summed E-state index contributed by atoms with van der Waals surface area (Å²) in [7, 11) is 1.83. The number of nitrogens with zero attached hydrogens (tertiary/aromatic N) is 3. The van der Waals surface area contributed by atoms with Gasteiger partial charge in [0.05, 0.1) is 11.7 Å². The SMILES string of the molecule is CC(C)N(Cc1c(-c2ccccc2)nn(C)c1Oc1cccc(F)c1)CC(O)Cc1ccccc1. The van der Waals surface area contributed by atoms with Crippen LogP contribution in [0.15, 0.2) is 84.9 Å². The molecule has 35 heavy (non-hydrogen) atoms. The van der Waals surface area contributed by atoms with Crippen molar-refractivity contribution in [3.8, 4) is 22.9 Å². The summed E-state index contributed by atoms with van der Waals surface area (Å²) in [6.07, 6.45) is 0.0548. The van der Waals surface area contributed by atoms with Crippen molar-refractivity contribution in [2.24, 2.45) is 7.05 Å². The third-order valence-electron chi connectivity index (χ3n) is 6.00. The van der Waals surface area contributed by atoms with E-state index in [4.69, 9.17) is 9.84 Å². The molecular weight excluding hydrogens is 441 g/mol. The number of hydrogen-bond donors (Lipinski definition) is 1. The number of aliphatic hydroxyl groups excluding tert-OH is 1. The summed E-state index contributed by atoms with van der Waals surface area (Å²) >= 11 is 0. The lowest BCUT2D eigenvalue weighted by Gasteiger charge is -2.29. The topological polar surface area (TPSA) is 50.5 Å². The van der Waals surface area contributed by atoms with Gasteiger partial charge in [0.1, 0.15) is 17.3 Å². The van der Waals surface area contributed by atoms with E-state index >= 15 is 0 Å². The molecule has 1 heterocycles. The van der Waals surface area contributed by atoms with Crippen molar-refractivity contribution in [1.82, 2.24) is 14.7 Å². The molecule has 4 rings (SSSR count). The molecule has 5 nitrogen and oxygen atoms in total. The minimum Gasteiger partial charge on any atom is -0.439 e. The van der Waals surface area contributed by atoms with Crippen LogP contribution >= 0.6 is 0 Å². The number of aryl methyl sites for hydroxylation is 1. The molecule has 0 amide bonds. The molecular formula is C29H32FN3O2. The fourth-order valence-electron chi connectivity index (χ4n) is 4.18. The van der Waals surface area contributed by atoms with Gasteiger partial charge in [0, 0.05) is 37.8 Å². The fraction of sp³-hybridized carbons (Fsp3) is 0.276. The molecule has 1 N–H and O–H groups in total. The van der Waals surface area contributed by atoms with E-state index in [9.17, 15) is 9.50 Å². The standard InChI is InChI=1S/C29H32FN3O2/c1-21(2)33(19-25(34)17-22-11-6-4-7-12-22)20-27-28(23-13-8-5-9-14-23)31-32(3)29(27)35-26-16-10-15-24(30)18-26/h4-16,18,21,25,34H,17,19-20H2,1-3H3. The van der Waals surface area contributed by atoms with Crippen LogP contribution in [0.5, 0.6) is 11.6 Å². The largest absolute Gasteiger partial charge is 0.439 e. The van der Waals surface area contributed by atoms with Crippen LogP contribution in [-0.4, -0.2) is 38.5 Å². The molecule has 0 aliphatic carbocycles. The molecule has 0 bridgehead atoms. The Balaban J connectivity index is 1.65. The van der Waals surface area contributed by atoms with Gasteiger partial charge in [-0.3, -0.25) is 4.90 Å². The second kappa shape index (κ2) is 11.3. The summed E-state index contributed by atoms with van der Waals surface area (Å²) in [5, 5.41) is 15.7. The quantitative estimate of drug-likeness (QED) is 0.315. The average Bonchev–Trinajstić information content (AvgIpc) is 3.14. The summed E-state index contributed by atoms with van der Waals surface area (Å²) in [6, 6.07) is 26.2. The fourth-order valence-corrected chi connectivity index (χ4v) is 4.18. The highest BCUT2D eigenvalue weighted by atomic mass is 19.1. The van der Waals surface area contributed by atoms with Crippen molar-refractivity contribution in [1.29, 1.82) is 0 Å². The molecule has 6 heteroatoms. The highest BCUT2D eigenvalue weighted by Gasteiger charge is 2.24. The van der Waals surface area contributed by atoms with Crippen molar-refractivity contribution < 1.29 is 14.2 Å². The first-order valence-electron chi connectivity index (χ1n) is 11.9. The van der Waals surface area contributed by atoms with Crippen LogP contribution in [0.1, 0.15) is 25.0 Å². The summed E-state index contributed by atoms with van der Waals surface area (Å²) < 4.78 is 21.7. The number of ether oxygens (including phenoxy) is 1. The summed E-state index contributed by atoms with van der Waals surface area (Å²) in [4.78, 5) is 2.22. The normalized spacial score (nSPS) is 12.3. The number of hydrogen-bond acceptors (Lipinski definition) is 4. The number of rotatable bonds is 10. The van der Waals surface area contributed by atoms with Gasteiger partial charge < -0.3 is 9.84 Å². The van der Waals surface area contributed by atoms with E-state index in [0.717, 1.165) is 22.4 Å². The zero-order chi connectivity index (χ0) is 24.8. The Labute approximate surface area is 206 Å². The predicted octanol–water partition coefficient (Wildman–Crippen LogP) is 5.83. The van der Waals surface area contributed by atoms with Gasteiger partial charge >= 0.3 is 0 Å². The third kappa shape index (κ3) is 6.35. The van der Waals surface area contributed by atoms with Gasteiger partial charge in [-0.25, -0.2) is 9.07 Å². The number of aromatic nitrogens is 2. The van der Waals surface area contributed by atoms with Crippen molar-refractivity contribution in [2.75, 3.05) is 6.54 Å². The molecule has 1 aromatic heterocycles. The maximum atomic E-state index is 13.8. The molecule has 182 valence electrons. The molecule has 0 spiro atoms. The number of benzene rings is 3. The summed E-state index contributed by atoms with van der Waals surface area (Å²) in [6.45, 7) is 5.24. The molecule has 1 atom stereocenters. The number of aliphatic hydroxyl groups is 1. The van der Waals surface area contributed by atoms with E-state index in [1.807, 2.05) is 67.7 Å². The van der Waals surface area contributed by atoms with Crippen molar-refractivity contribution in [3.63, 3.8) is 0 Å². The van der Waals surface area contributed by atoms with Gasteiger partial charge in [0.15, 0.2) is 0 Å². The zero-order valence-corrected chi connectivity index (χ0v) is 20.4. The van der Waals surface area contributed by atoms with Crippen LogP contribution < -0.4 is 4.74 Å². The first-order valence-corrected chi connectivity index (χ1v) is 11.9. The van der Waals surface area contributed by atoms with Crippen LogP contribution in [0.2, 0.25) is 0 Å². The van der Waals surface area contributed by atoms with E-state index in [1.54, 1.807) is 16.8 Å². The van der Waals surface area contributed by atoms with Gasteiger partial charge in [-0.05, 0) is 38.0 Å². The summed E-state index contributed by atoms with van der Waals surface area (Å²) in [5.74, 6) is 0.606. The Morgan fingerprint density at radius 3 is 2.31 bits per heavy atom. The van der Waals surface area contributed by atoms with Crippen LogP contribution in [-0.2, 0) is 20.0 Å². The molecule has 3 aromatic carbocycles. The van der Waals surface area contributed by atoms with E-state index in [2.05, 4.69) is 18.7 Å². The van der Waals surface area contributed by atoms with E-state index in [0.29, 0.717) is 31.1 Å². The van der Waals surface area contributed by atoms with Crippen molar-refractivity contribution in [3.05, 3.63) is 102 Å². The Morgan fingerprint density at radius 1 is 0.971 bits per heavy atom. The Morgan fingerprint density at radius 2 is 1.66 bits per heavy atom. The first-order chi connectivity index (χ1) is 16.9. The van der Waals surface area contributed by atoms with E-state index in [1.165, 1.54) is 12.1 Å². The van der Waals surface area contributed by atoms with Gasteiger partial charge in [-0.2, -0.15) is 5.10 Å². The van der Waals surface area contributed by atoms with E-state index < -0.39 is 6.10 Å².